The highest BCUT2D eigenvalue weighted by Crippen LogP contribution is 2.59. The lowest BCUT2D eigenvalue weighted by Gasteiger charge is -2.41. The van der Waals surface area contributed by atoms with Crippen molar-refractivity contribution in [1.29, 1.82) is 0 Å². The number of benzene rings is 1. The van der Waals surface area contributed by atoms with Crippen molar-refractivity contribution < 1.29 is 29.3 Å². The average Bonchev–Trinajstić information content (AvgIpc) is 3.47. The molecule has 3 heterocycles. The molecule has 0 saturated carbocycles. The molecule has 0 aromatic heterocycles. The summed E-state index contributed by atoms with van der Waals surface area (Å²) in [6.07, 6.45) is 2.69. The van der Waals surface area contributed by atoms with Gasteiger partial charge in [0, 0.05) is 13.1 Å². The van der Waals surface area contributed by atoms with E-state index in [4.69, 9.17) is 4.74 Å². The van der Waals surface area contributed by atoms with Crippen molar-refractivity contribution >= 4 is 17.8 Å². The van der Waals surface area contributed by atoms with Crippen LogP contribution in [-0.2, 0) is 25.7 Å². The number of carboxylic acids is 1. The van der Waals surface area contributed by atoms with E-state index in [1.807, 2.05) is 44.2 Å². The summed E-state index contributed by atoms with van der Waals surface area (Å²) >= 11 is 0. The summed E-state index contributed by atoms with van der Waals surface area (Å²) in [7, 11) is 0. The zero-order chi connectivity index (χ0) is 24.6. The molecule has 8 heteroatoms. The van der Waals surface area contributed by atoms with Gasteiger partial charge in [-0.15, -0.1) is 6.58 Å². The van der Waals surface area contributed by atoms with Gasteiger partial charge in [-0.05, 0) is 24.3 Å². The molecule has 2 bridgehead atoms. The number of aliphatic hydroxyl groups is 1. The number of aliphatic hydroxyl groups excluding tert-OH is 1. The number of nitrogens with zero attached hydrogens (tertiary/aromatic N) is 2. The second-order valence-corrected chi connectivity index (χ2v) is 9.77. The molecule has 3 saturated heterocycles. The van der Waals surface area contributed by atoms with Crippen LogP contribution in [0, 0.1) is 17.8 Å². The van der Waals surface area contributed by atoms with Gasteiger partial charge in [0.1, 0.15) is 11.6 Å². The van der Waals surface area contributed by atoms with Crippen LogP contribution >= 0.6 is 0 Å². The Morgan fingerprint density at radius 1 is 1.35 bits per heavy atom. The molecule has 4 rings (SSSR count). The van der Waals surface area contributed by atoms with Gasteiger partial charge in [-0.1, -0.05) is 56.7 Å². The van der Waals surface area contributed by atoms with Crippen LogP contribution in [0.3, 0.4) is 0 Å². The van der Waals surface area contributed by atoms with Gasteiger partial charge in [-0.25, -0.2) is 0 Å². The number of amides is 2. The normalized spacial score (nSPS) is 31.3. The Morgan fingerprint density at radius 3 is 2.65 bits per heavy atom. The number of rotatable bonds is 10. The van der Waals surface area contributed by atoms with E-state index in [2.05, 4.69) is 6.58 Å². The maximum absolute atomic E-state index is 14.2. The summed E-state index contributed by atoms with van der Waals surface area (Å²) in [4.78, 5) is 43.3. The lowest BCUT2D eigenvalue weighted by Crippen LogP contribution is -2.59. The molecule has 7 atom stereocenters. The van der Waals surface area contributed by atoms with Crippen LogP contribution in [0.15, 0.2) is 43.0 Å². The third-order valence-corrected chi connectivity index (χ3v) is 7.98. The Bertz CT molecular complexity index is 952. The van der Waals surface area contributed by atoms with E-state index in [9.17, 15) is 24.6 Å². The molecule has 1 aromatic carbocycles. The molecular weight excluding hydrogens is 436 g/mol. The Balaban J connectivity index is 1.78. The molecule has 34 heavy (non-hydrogen) atoms. The van der Waals surface area contributed by atoms with Crippen LogP contribution in [0.25, 0.3) is 0 Å². The Labute approximate surface area is 200 Å². The summed E-state index contributed by atoms with van der Waals surface area (Å²) in [6.45, 7) is 7.98. The van der Waals surface area contributed by atoms with Crippen LogP contribution in [0.5, 0.6) is 0 Å². The first kappa shape index (κ1) is 24.4. The molecule has 2 amide bonds. The summed E-state index contributed by atoms with van der Waals surface area (Å²) in [5.74, 6) is -3.77. The van der Waals surface area contributed by atoms with Gasteiger partial charge in [0.05, 0.1) is 30.6 Å². The number of hydrogen-bond donors (Lipinski definition) is 2. The van der Waals surface area contributed by atoms with Gasteiger partial charge in [0.15, 0.2) is 0 Å². The number of hydrogen-bond acceptors (Lipinski definition) is 5. The van der Waals surface area contributed by atoms with E-state index in [1.165, 1.54) is 4.90 Å². The number of carbonyl (C=O) groups is 3. The van der Waals surface area contributed by atoms with Gasteiger partial charge >= 0.3 is 5.97 Å². The Kier molecular flexibility index (Phi) is 6.82. The van der Waals surface area contributed by atoms with Crippen LogP contribution in [-0.4, -0.2) is 74.7 Å². The topological polar surface area (TPSA) is 107 Å². The molecule has 0 radical (unpaired) electrons. The standard InChI is InChI=1S/C26H34N2O6/c1-4-13-27(14-17-9-7-6-8-10-17)24(31)22-26-12-11-19(34-26)20(25(32)33)21(26)23(30)28(22)18(15-29)16(3)5-2/h4,6-10,16,18-22,29H,1,5,11-15H2,2-3H3,(H,32,33)/t16-,18-,19-,20+,21+,22-,26+/m0/s1. The highest BCUT2D eigenvalue weighted by molar-refractivity contribution is 5.98. The molecule has 3 aliphatic rings. The van der Waals surface area contributed by atoms with Crippen molar-refractivity contribution in [2.24, 2.45) is 17.8 Å². The van der Waals surface area contributed by atoms with Gasteiger partial charge in [0.2, 0.25) is 11.8 Å². The van der Waals surface area contributed by atoms with Gasteiger partial charge in [-0.3, -0.25) is 14.4 Å². The van der Waals surface area contributed by atoms with Gasteiger partial charge < -0.3 is 24.7 Å². The summed E-state index contributed by atoms with van der Waals surface area (Å²) in [5, 5.41) is 20.2. The average molecular weight is 471 g/mol. The first-order valence-electron chi connectivity index (χ1n) is 12.1. The van der Waals surface area contributed by atoms with Crippen LogP contribution < -0.4 is 0 Å². The Morgan fingerprint density at radius 2 is 2.06 bits per heavy atom. The molecular formula is C26H34N2O6. The molecule has 184 valence electrons. The third-order valence-electron chi connectivity index (χ3n) is 7.98. The fraction of sp³-hybridized carbons (Fsp3) is 0.577. The third kappa shape index (κ3) is 3.73. The second-order valence-electron chi connectivity index (χ2n) is 9.77. The lowest BCUT2D eigenvalue weighted by molar-refractivity contribution is -0.154. The molecule has 0 aliphatic carbocycles. The van der Waals surface area contributed by atoms with Crippen molar-refractivity contribution in [3.63, 3.8) is 0 Å². The summed E-state index contributed by atoms with van der Waals surface area (Å²) < 4.78 is 6.28. The predicted octanol–water partition coefficient (Wildman–Crippen LogP) is 2.07. The highest BCUT2D eigenvalue weighted by Gasteiger charge is 2.75. The predicted molar refractivity (Wildman–Crippen MR) is 124 cm³/mol. The number of likely N-dealkylation sites (tertiary alicyclic amines) is 1. The van der Waals surface area contributed by atoms with Gasteiger partial charge in [0.25, 0.3) is 0 Å². The first-order valence-corrected chi connectivity index (χ1v) is 12.1. The smallest absolute Gasteiger partial charge is 0.310 e. The van der Waals surface area contributed by atoms with E-state index in [1.54, 1.807) is 11.0 Å². The number of carboxylic acid groups (broad SMARTS) is 1. The molecule has 1 aromatic rings. The van der Waals surface area contributed by atoms with E-state index >= 15 is 0 Å². The Hall–Kier alpha value is -2.71. The maximum Gasteiger partial charge on any atom is 0.310 e. The van der Waals surface area contributed by atoms with Crippen LogP contribution in [0.2, 0.25) is 0 Å². The summed E-state index contributed by atoms with van der Waals surface area (Å²) in [5.41, 5.74) is -0.262. The van der Waals surface area contributed by atoms with Crippen molar-refractivity contribution in [2.75, 3.05) is 13.2 Å². The fourth-order valence-corrected chi connectivity index (χ4v) is 6.19. The second kappa shape index (κ2) is 9.50. The zero-order valence-electron chi connectivity index (χ0n) is 19.8. The largest absolute Gasteiger partial charge is 0.481 e. The fourth-order valence-electron chi connectivity index (χ4n) is 6.19. The van der Waals surface area contributed by atoms with Crippen molar-refractivity contribution in [3.05, 3.63) is 48.6 Å². The molecule has 3 fully saturated rings. The zero-order valence-corrected chi connectivity index (χ0v) is 19.8. The summed E-state index contributed by atoms with van der Waals surface area (Å²) in [6, 6.07) is 7.95. The van der Waals surface area contributed by atoms with Crippen LogP contribution in [0.4, 0.5) is 0 Å². The SMILES string of the molecule is C=CCN(Cc1ccccc1)C(=O)[C@@H]1N([C@@H](CO)[C@@H](C)CC)C(=O)[C@H]2[C@H](C(=O)O)[C@@H]3CC[C@]12O3. The number of fused-ring (bicyclic) bond motifs is 1. The van der Waals surface area contributed by atoms with Crippen molar-refractivity contribution in [2.45, 2.75) is 63.4 Å². The minimum absolute atomic E-state index is 0.0815. The highest BCUT2D eigenvalue weighted by atomic mass is 16.5. The van der Waals surface area contributed by atoms with Crippen LogP contribution in [0.1, 0.15) is 38.7 Å². The number of carbonyl (C=O) groups excluding carboxylic acids is 2. The van der Waals surface area contributed by atoms with E-state index in [-0.39, 0.29) is 25.0 Å². The number of ether oxygens (including phenoxy) is 1. The minimum Gasteiger partial charge on any atom is -0.481 e. The lowest BCUT2D eigenvalue weighted by atomic mass is 9.70. The monoisotopic (exact) mass is 470 g/mol. The molecule has 2 N–H and O–H groups in total. The molecule has 1 spiro atoms. The molecule has 8 nitrogen and oxygen atoms in total. The van der Waals surface area contributed by atoms with E-state index < -0.39 is 47.5 Å². The number of aliphatic carboxylic acids is 1. The molecule has 0 unspecified atom stereocenters. The molecule has 3 aliphatic heterocycles. The van der Waals surface area contributed by atoms with Crippen molar-refractivity contribution in [1.82, 2.24) is 9.80 Å². The van der Waals surface area contributed by atoms with E-state index in [0.717, 1.165) is 5.56 Å². The van der Waals surface area contributed by atoms with Gasteiger partial charge in [-0.2, -0.15) is 0 Å². The first-order chi connectivity index (χ1) is 16.3. The minimum atomic E-state index is -1.20. The maximum atomic E-state index is 14.2. The van der Waals surface area contributed by atoms with E-state index in [0.29, 0.717) is 25.8 Å². The quantitative estimate of drug-likeness (QED) is 0.507. The van der Waals surface area contributed by atoms with Crippen molar-refractivity contribution in [3.8, 4) is 0 Å².